The van der Waals surface area contributed by atoms with Crippen LogP contribution in [0.4, 0.5) is 13.2 Å². The Hall–Kier alpha value is -2.10. The smallest absolute Gasteiger partial charge is 0.475 e. The first-order valence-corrected chi connectivity index (χ1v) is 9.00. The van der Waals surface area contributed by atoms with Crippen molar-refractivity contribution in [3.63, 3.8) is 0 Å². The van der Waals surface area contributed by atoms with Crippen LogP contribution < -0.4 is 0 Å². The van der Waals surface area contributed by atoms with E-state index in [0.29, 0.717) is 12.1 Å². The van der Waals surface area contributed by atoms with Gasteiger partial charge in [-0.3, -0.25) is 14.4 Å². The number of hydrogen-bond acceptors (Lipinski definition) is 4. The van der Waals surface area contributed by atoms with E-state index in [0.717, 1.165) is 30.9 Å². The van der Waals surface area contributed by atoms with Crippen molar-refractivity contribution in [1.29, 1.82) is 0 Å². The predicted octanol–water partition coefficient (Wildman–Crippen LogP) is 1.75. The maximum atomic E-state index is 12.6. The number of carboxylic acid groups (broad SMARTS) is 1. The number of likely N-dealkylation sites (tertiary alicyclic amines) is 2. The van der Waals surface area contributed by atoms with Crippen LogP contribution in [0.2, 0.25) is 0 Å². The van der Waals surface area contributed by atoms with Crippen molar-refractivity contribution in [2.45, 2.75) is 43.9 Å². The van der Waals surface area contributed by atoms with Crippen LogP contribution in [0.25, 0.3) is 0 Å². The number of amides is 1. The number of halogens is 3. The third-order valence-corrected chi connectivity index (χ3v) is 5.34. The molecule has 2 aliphatic heterocycles. The number of nitrogens with zero attached hydrogens (tertiary/aromatic N) is 4. The molecule has 1 N–H and O–H groups in total. The Morgan fingerprint density at radius 3 is 2.33 bits per heavy atom. The molecule has 7 nitrogen and oxygen atoms in total. The van der Waals surface area contributed by atoms with Crippen molar-refractivity contribution in [2.75, 3.05) is 19.6 Å². The Balaban J connectivity index is 0.000000260. The van der Waals surface area contributed by atoms with Crippen molar-refractivity contribution < 1.29 is 27.9 Å². The largest absolute Gasteiger partial charge is 0.490 e. The molecular formula is C17H23F3N4O3. The molecule has 3 aliphatic rings. The molecule has 0 spiro atoms. The van der Waals surface area contributed by atoms with Crippen molar-refractivity contribution in [2.24, 2.45) is 13.0 Å². The van der Waals surface area contributed by atoms with Gasteiger partial charge < -0.3 is 10.0 Å². The lowest BCUT2D eigenvalue weighted by molar-refractivity contribution is -0.192. The quantitative estimate of drug-likeness (QED) is 0.854. The summed E-state index contributed by atoms with van der Waals surface area (Å²) >= 11 is 0. The van der Waals surface area contributed by atoms with Gasteiger partial charge in [-0.25, -0.2) is 4.79 Å². The van der Waals surface area contributed by atoms with E-state index in [1.54, 1.807) is 10.9 Å². The molecule has 150 valence electrons. The van der Waals surface area contributed by atoms with Gasteiger partial charge in [-0.05, 0) is 31.6 Å². The Morgan fingerprint density at radius 1 is 1.19 bits per heavy atom. The molecule has 1 aromatic rings. The molecule has 2 atom stereocenters. The zero-order valence-electron chi connectivity index (χ0n) is 15.0. The number of alkyl halides is 3. The highest BCUT2D eigenvalue weighted by atomic mass is 19.4. The molecule has 1 saturated carbocycles. The van der Waals surface area contributed by atoms with Crippen LogP contribution in [0.15, 0.2) is 12.4 Å². The molecule has 1 amide bonds. The number of aromatic nitrogens is 2. The fourth-order valence-corrected chi connectivity index (χ4v) is 3.88. The van der Waals surface area contributed by atoms with Gasteiger partial charge in [0, 0.05) is 45.0 Å². The number of fused-ring (bicyclic) bond motifs is 1. The summed E-state index contributed by atoms with van der Waals surface area (Å²) in [6, 6.07) is 1.04. The fourth-order valence-electron chi connectivity index (χ4n) is 3.88. The molecule has 1 aliphatic carbocycles. The number of aryl methyl sites for hydroxylation is 1. The van der Waals surface area contributed by atoms with Gasteiger partial charge in [0.15, 0.2) is 0 Å². The van der Waals surface area contributed by atoms with Crippen molar-refractivity contribution in [3.8, 4) is 0 Å². The summed E-state index contributed by atoms with van der Waals surface area (Å²) in [5.41, 5.74) is 0.730. The van der Waals surface area contributed by atoms with E-state index in [9.17, 15) is 18.0 Å². The standard InChI is InChI=1S/C15H22N4O.C2HF3O2/c1-17-10-12(8-16-17)15(20)19-7-5-13-14(19)4-6-18(13)9-11-2-3-11;3-2(4,5)1(6)7/h8,10-11,13-14H,2-7,9H2,1H3;(H,6,7)/t13-,14+;/m1./s1. The molecule has 4 rings (SSSR count). The molecule has 10 heteroatoms. The second-order valence-corrected chi connectivity index (χ2v) is 7.35. The van der Waals surface area contributed by atoms with Gasteiger partial charge in [0.25, 0.3) is 5.91 Å². The zero-order chi connectivity index (χ0) is 19.8. The summed E-state index contributed by atoms with van der Waals surface area (Å²) in [7, 11) is 1.86. The first kappa shape index (κ1) is 19.7. The molecule has 3 fully saturated rings. The minimum absolute atomic E-state index is 0.166. The van der Waals surface area contributed by atoms with Gasteiger partial charge in [0.1, 0.15) is 0 Å². The van der Waals surface area contributed by atoms with Crippen LogP contribution in [-0.2, 0) is 11.8 Å². The topological polar surface area (TPSA) is 78.7 Å². The van der Waals surface area contributed by atoms with Gasteiger partial charge in [-0.1, -0.05) is 0 Å². The van der Waals surface area contributed by atoms with E-state index >= 15 is 0 Å². The number of rotatable bonds is 3. The van der Waals surface area contributed by atoms with Gasteiger partial charge in [0.2, 0.25) is 0 Å². The number of carbonyl (C=O) groups is 2. The van der Waals surface area contributed by atoms with E-state index in [-0.39, 0.29) is 5.91 Å². The lowest BCUT2D eigenvalue weighted by Crippen LogP contribution is -2.40. The number of aliphatic carboxylic acids is 1. The molecule has 27 heavy (non-hydrogen) atoms. The lowest BCUT2D eigenvalue weighted by Gasteiger charge is -2.25. The summed E-state index contributed by atoms with van der Waals surface area (Å²) in [5.74, 6) is -1.65. The second kappa shape index (κ2) is 7.49. The molecule has 0 aromatic carbocycles. The minimum Gasteiger partial charge on any atom is -0.475 e. The number of hydrogen-bond donors (Lipinski definition) is 1. The Morgan fingerprint density at radius 2 is 1.81 bits per heavy atom. The summed E-state index contributed by atoms with van der Waals surface area (Å²) in [6.45, 7) is 3.34. The van der Waals surface area contributed by atoms with Crippen LogP contribution in [0.5, 0.6) is 0 Å². The fraction of sp³-hybridized carbons (Fsp3) is 0.706. The van der Waals surface area contributed by atoms with Crippen LogP contribution in [-0.4, -0.2) is 74.5 Å². The molecule has 0 unspecified atom stereocenters. The van der Waals surface area contributed by atoms with E-state index in [1.165, 1.54) is 25.9 Å². The summed E-state index contributed by atoms with van der Waals surface area (Å²) in [6.07, 6.45) is 3.53. The number of carbonyl (C=O) groups excluding carboxylic acids is 1. The Kier molecular flexibility index (Phi) is 5.45. The zero-order valence-corrected chi connectivity index (χ0v) is 15.0. The Labute approximate surface area is 154 Å². The van der Waals surface area contributed by atoms with Crippen molar-refractivity contribution in [3.05, 3.63) is 18.0 Å². The SMILES string of the molecule is Cn1cc(C(=O)N2CC[C@@H]3[C@@H]2CCN3CC2CC2)cn1.O=C(O)C(F)(F)F. The predicted molar refractivity (Wildman–Crippen MR) is 89.0 cm³/mol. The molecule has 0 bridgehead atoms. The molecule has 3 heterocycles. The maximum Gasteiger partial charge on any atom is 0.490 e. The van der Waals surface area contributed by atoms with Crippen LogP contribution >= 0.6 is 0 Å². The van der Waals surface area contributed by atoms with Crippen LogP contribution in [0.3, 0.4) is 0 Å². The Bertz CT molecular complexity index is 702. The highest BCUT2D eigenvalue weighted by Gasteiger charge is 2.45. The summed E-state index contributed by atoms with van der Waals surface area (Å²) in [5, 5.41) is 11.2. The molecular weight excluding hydrogens is 365 g/mol. The second-order valence-electron chi connectivity index (χ2n) is 7.35. The first-order chi connectivity index (χ1) is 12.7. The highest BCUT2D eigenvalue weighted by Crippen LogP contribution is 2.37. The van der Waals surface area contributed by atoms with Gasteiger partial charge >= 0.3 is 12.1 Å². The molecule has 2 saturated heterocycles. The maximum absolute atomic E-state index is 12.6. The van der Waals surface area contributed by atoms with Gasteiger partial charge in [-0.2, -0.15) is 18.3 Å². The minimum atomic E-state index is -5.08. The molecule has 0 radical (unpaired) electrons. The van der Waals surface area contributed by atoms with Crippen molar-refractivity contribution >= 4 is 11.9 Å². The van der Waals surface area contributed by atoms with Crippen LogP contribution in [0, 0.1) is 5.92 Å². The first-order valence-electron chi connectivity index (χ1n) is 9.00. The number of carboxylic acids is 1. The van der Waals surface area contributed by atoms with E-state index in [4.69, 9.17) is 9.90 Å². The van der Waals surface area contributed by atoms with E-state index in [1.807, 2.05) is 13.2 Å². The van der Waals surface area contributed by atoms with Crippen LogP contribution in [0.1, 0.15) is 36.0 Å². The third kappa shape index (κ3) is 4.60. The van der Waals surface area contributed by atoms with Crippen molar-refractivity contribution in [1.82, 2.24) is 19.6 Å². The van der Waals surface area contributed by atoms with Gasteiger partial charge in [-0.15, -0.1) is 0 Å². The van der Waals surface area contributed by atoms with E-state index < -0.39 is 12.1 Å². The van der Waals surface area contributed by atoms with E-state index in [2.05, 4.69) is 14.9 Å². The highest BCUT2D eigenvalue weighted by molar-refractivity contribution is 5.94. The molecule has 1 aromatic heterocycles. The monoisotopic (exact) mass is 388 g/mol. The lowest BCUT2D eigenvalue weighted by atomic mass is 10.1. The average molecular weight is 388 g/mol. The average Bonchev–Trinajstić information content (AvgIpc) is 2.97. The normalized spacial score (nSPS) is 25.1. The van der Waals surface area contributed by atoms with Gasteiger partial charge in [0.05, 0.1) is 11.8 Å². The third-order valence-electron chi connectivity index (χ3n) is 5.34. The summed E-state index contributed by atoms with van der Waals surface area (Å²) in [4.78, 5) is 26.2. The summed E-state index contributed by atoms with van der Waals surface area (Å²) < 4.78 is 33.4.